The van der Waals surface area contributed by atoms with Crippen LogP contribution in [0.25, 0.3) is 0 Å². The summed E-state index contributed by atoms with van der Waals surface area (Å²) >= 11 is 0. The van der Waals surface area contributed by atoms with E-state index < -0.39 is 51.8 Å². The number of phosphoric acid groups is 1. The second-order valence-electron chi connectivity index (χ2n) is 13.3. The maximum atomic E-state index is 12.6. The predicted octanol–water partition coefficient (Wildman–Crippen LogP) is 10.3. The molecular formula is C42H73O10P. The molecule has 0 radical (unpaired) electrons. The third-order valence-electron chi connectivity index (χ3n) is 8.16. The zero-order valence-corrected chi connectivity index (χ0v) is 33.9. The maximum absolute atomic E-state index is 12.6. The lowest BCUT2D eigenvalue weighted by atomic mass is 10.1. The number of rotatable bonds is 37. The van der Waals surface area contributed by atoms with E-state index in [9.17, 15) is 24.2 Å². The number of hydrogen-bond donors (Lipinski definition) is 3. The number of ether oxygens (including phenoxy) is 2. The van der Waals surface area contributed by atoms with Crippen molar-refractivity contribution in [2.24, 2.45) is 0 Å². The van der Waals surface area contributed by atoms with Gasteiger partial charge >= 0.3 is 19.8 Å². The molecule has 0 heterocycles. The molecule has 0 amide bonds. The van der Waals surface area contributed by atoms with Gasteiger partial charge in [-0.3, -0.25) is 18.6 Å². The van der Waals surface area contributed by atoms with Gasteiger partial charge in [-0.25, -0.2) is 4.57 Å². The lowest BCUT2D eigenvalue weighted by molar-refractivity contribution is -0.161. The fraction of sp³-hybridized carbons (Fsp3) is 0.714. The summed E-state index contributed by atoms with van der Waals surface area (Å²) in [6, 6.07) is 0. The van der Waals surface area contributed by atoms with Crippen LogP contribution >= 0.6 is 7.82 Å². The average Bonchev–Trinajstić information content (AvgIpc) is 3.14. The van der Waals surface area contributed by atoms with Crippen molar-refractivity contribution in [3.8, 4) is 0 Å². The minimum atomic E-state index is -4.62. The van der Waals surface area contributed by atoms with E-state index in [0.29, 0.717) is 12.8 Å². The molecule has 0 saturated heterocycles. The number of allylic oxidation sites excluding steroid dienone is 10. The zero-order chi connectivity index (χ0) is 39.1. The van der Waals surface area contributed by atoms with Crippen molar-refractivity contribution in [2.45, 2.75) is 167 Å². The van der Waals surface area contributed by atoms with E-state index in [1.807, 2.05) is 0 Å². The number of aliphatic hydroxyl groups excluding tert-OH is 2. The van der Waals surface area contributed by atoms with Crippen molar-refractivity contribution in [1.29, 1.82) is 0 Å². The summed E-state index contributed by atoms with van der Waals surface area (Å²) in [5.41, 5.74) is 0. The van der Waals surface area contributed by atoms with Gasteiger partial charge in [0.2, 0.25) is 0 Å². The van der Waals surface area contributed by atoms with Gasteiger partial charge in [0.05, 0.1) is 19.8 Å². The first-order valence-electron chi connectivity index (χ1n) is 20.2. The second kappa shape index (κ2) is 38.0. The molecule has 0 saturated carbocycles. The monoisotopic (exact) mass is 768 g/mol. The molecule has 0 aliphatic carbocycles. The molecule has 11 heteroatoms. The summed E-state index contributed by atoms with van der Waals surface area (Å²) in [6.45, 7) is 2.18. The number of unbranched alkanes of at least 4 members (excludes halogenated alkanes) is 13. The van der Waals surface area contributed by atoms with Crippen LogP contribution in [0.5, 0.6) is 0 Å². The third-order valence-corrected chi connectivity index (χ3v) is 9.11. The summed E-state index contributed by atoms with van der Waals surface area (Å²) < 4.78 is 32.6. The van der Waals surface area contributed by atoms with Gasteiger partial charge in [0.15, 0.2) is 6.10 Å². The van der Waals surface area contributed by atoms with Gasteiger partial charge in [0, 0.05) is 12.8 Å². The number of hydrogen-bond acceptors (Lipinski definition) is 9. The Kier molecular flexibility index (Phi) is 36.3. The molecule has 0 spiro atoms. The largest absolute Gasteiger partial charge is 0.472 e. The van der Waals surface area contributed by atoms with Crippen LogP contribution in [0.1, 0.15) is 155 Å². The Morgan fingerprint density at radius 3 is 1.57 bits per heavy atom. The molecule has 0 rings (SSSR count). The van der Waals surface area contributed by atoms with Crippen LogP contribution in [0.2, 0.25) is 0 Å². The van der Waals surface area contributed by atoms with Crippen LogP contribution in [0, 0.1) is 0 Å². The molecular weight excluding hydrogens is 695 g/mol. The van der Waals surface area contributed by atoms with E-state index in [2.05, 4.69) is 79.1 Å². The van der Waals surface area contributed by atoms with Gasteiger partial charge in [-0.05, 0) is 77.0 Å². The van der Waals surface area contributed by atoms with Crippen molar-refractivity contribution < 1.29 is 47.8 Å². The molecule has 3 N–H and O–H groups in total. The molecule has 3 atom stereocenters. The molecule has 53 heavy (non-hydrogen) atoms. The number of carbonyl (C=O) groups excluding carboxylic acids is 2. The van der Waals surface area contributed by atoms with Gasteiger partial charge < -0.3 is 24.6 Å². The van der Waals surface area contributed by atoms with Gasteiger partial charge in [0.25, 0.3) is 0 Å². The van der Waals surface area contributed by atoms with Gasteiger partial charge in [-0.2, -0.15) is 0 Å². The summed E-state index contributed by atoms with van der Waals surface area (Å²) in [5.74, 6) is -0.966. The SMILES string of the molecule is CC/C=C/C/C=C/C/C=C/CCCCCCCC(=O)OC[C@H](COP(=O)(O)OC[C@@H](O)CO)OC(=O)CCCCCCC/C=C/C/C=C/CCCCC. The Balaban J connectivity index is 4.40. The van der Waals surface area contributed by atoms with Crippen molar-refractivity contribution in [3.63, 3.8) is 0 Å². The first-order valence-corrected chi connectivity index (χ1v) is 21.7. The average molecular weight is 769 g/mol. The van der Waals surface area contributed by atoms with Gasteiger partial charge in [-0.15, -0.1) is 0 Å². The molecule has 1 unspecified atom stereocenters. The molecule has 0 aromatic carbocycles. The lowest BCUT2D eigenvalue weighted by Crippen LogP contribution is -2.29. The van der Waals surface area contributed by atoms with Crippen molar-refractivity contribution in [2.75, 3.05) is 26.4 Å². The number of carbonyl (C=O) groups is 2. The highest BCUT2D eigenvalue weighted by atomic mass is 31.2. The van der Waals surface area contributed by atoms with Crippen molar-refractivity contribution >= 4 is 19.8 Å². The number of phosphoric ester groups is 1. The Morgan fingerprint density at radius 2 is 1.04 bits per heavy atom. The van der Waals surface area contributed by atoms with Crippen LogP contribution in [0.3, 0.4) is 0 Å². The van der Waals surface area contributed by atoms with E-state index in [-0.39, 0.29) is 19.4 Å². The Labute approximate surface area is 321 Å². The Morgan fingerprint density at radius 1 is 0.585 bits per heavy atom. The van der Waals surface area contributed by atoms with E-state index >= 15 is 0 Å². The molecule has 306 valence electrons. The number of esters is 2. The van der Waals surface area contributed by atoms with Crippen LogP contribution in [0.15, 0.2) is 60.8 Å². The summed E-state index contributed by atoms with van der Waals surface area (Å²) in [7, 11) is -4.62. The quantitative estimate of drug-likeness (QED) is 0.0241. The first-order chi connectivity index (χ1) is 25.7. The lowest BCUT2D eigenvalue weighted by Gasteiger charge is -2.20. The highest BCUT2D eigenvalue weighted by Gasteiger charge is 2.27. The first kappa shape index (κ1) is 50.7. The fourth-order valence-electron chi connectivity index (χ4n) is 5.04. The molecule has 0 bridgehead atoms. The molecule has 0 aliphatic heterocycles. The topological polar surface area (TPSA) is 149 Å². The highest BCUT2D eigenvalue weighted by Crippen LogP contribution is 2.43. The molecule has 0 aliphatic rings. The smallest absolute Gasteiger partial charge is 0.462 e. The van der Waals surface area contributed by atoms with Crippen LogP contribution in [0.4, 0.5) is 0 Å². The van der Waals surface area contributed by atoms with Crippen LogP contribution in [-0.2, 0) is 32.7 Å². The van der Waals surface area contributed by atoms with E-state index in [1.54, 1.807) is 0 Å². The predicted molar refractivity (Wildman–Crippen MR) is 214 cm³/mol. The molecule has 0 aromatic heterocycles. The molecule has 10 nitrogen and oxygen atoms in total. The minimum absolute atomic E-state index is 0.161. The second-order valence-corrected chi connectivity index (χ2v) is 14.7. The third kappa shape index (κ3) is 37.8. The maximum Gasteiger partial charge on any atom is 0.472 e. The van der Waals surface area contributed by atoms with E-state index in [4.69, 9.17) is 19.1 Å². The summed E-state index contributed by atoms with van der Waals surface area (Å²) in [4.78, 5) is 34.9. The Bertz CT molecular complexity index is 1070. The van der Waals surface area contributed by atoms with Crippen molar-refractivity contribution in [3.05, 3.63) is 60.8 Å². The van der Waals surface area contributed by atoms with Gasteiger partial charge in [-0.1, -0.05) is 126 Å². The summed E-state index contributed by atoms with van der Waals surface area (Å²) in [6.07, 6.45) is 40.4. The Hall–Kier alpha value is -2.33. The standard InChI is InChI=1S/C42H73O10P/c1-3-5-7-9-11-13-15-17-19-21-23-25-27-29-31-33-41(45)49-37-40(38-51-53(47,48)50-36-39(44)35-43)52-42(46)34-32-30-28-26-24-22-20-18-16-14-12-10-8-6-4-2/h5,7,11-14,17-20,39-40,43-44H,3-4,6,8-10,15-16,21-38H2,1-2H3,(H,47,48)/b7-5+,13-11+,14-12+,19-17+,20-18+/t39-,40+/m0/s1. The zero-order valence-electron chi connectivity index (χ0n) is 33.0. The highest BCUT2D eigenvalue weighted by molar-refractivity contribution is 7.47. The van der Waals surface area contributed by atoms with E-state index in [0.717, 1.165) is 96.3 Å². The van der Waals surface area contributed by atoms with Crippen molar-refractivity contribution in [1.82, 2.24) is 0 Å². The number of aliphatic hydroxyl groups is 2. The molecule has 0 fully saturated rings. The summed E-state index contributed by atoms with van der Waals surface area (Å²) in [5, 5.41) is 18.3. The van der Waals surface area contributed by atoms with Crippen LogP contribution in [-0.4, -0.2) is 65.7 Å². The van der Waals surface area contributed by atoms with Crippen LogP contribution < -0.4 is 0 Å². The molecule has 0 aromatic rings. The minimum Gasteiger partial charge on any atom is -0.462 e. The van der Waals surface area contributed by atoms with E-state index in [1.165, 1.54) is 19.3 Å². The fourth-order valence-corrected chi connectivity index (χ4v) is 5.83. The normalized spacial score (nSPS) is 14.6. The van der Waals surface area contributed by atoms with Gasteiger partial charge in [0.1, 0.15) is 12.7 Å².